The maximum absolute atomic E-state index is 4.44. The van der Waals surface area contributed by atoms with Gasteiger partial charge >= 0.3 is 0 Å². The predicted molar refractivity (Wildman–Crippen MR) is 84.0 cm³/mol. The molecule has 2 heterocycles. The van der Waals surface area contributed by atoms with E-state index in [1.54, 1.807) is 6.33 Å². The summed E-state index contributed by atoms with van der Waals surface area (Å²) in [5.41, 5.74) is 2.29. The van der Waals surface area contributed by atoms with Crippen LogP contribution in [0.1, 0.15) is 43.9 Å². The largest absolute Gasteiger partial charge is 0.310 e. The average Bonchev–Trinajstić information content (AvgIpc) is 2.85. The van der Waals surface area contributed by atoms with Crippen molar-refractivity contribution in [3.63, 3.8) is 0 Å². The highest BCUT2D eigenvalue weighted by molar-refractivity contribution is 5.20. The molecule has 114 valence electrons. The monoisotopic (exact) mass is 287 g/mol. The van der Waals surface area contributed by atoms with Crippen LogP contribution in [-0.2, 0) is 13.0 Å². The molecule has 0 spiro atoms. The van der Waals surface area contributed by atoms with Gasteiger partial charge in [-0.2, -0.15) is 5.10 Å². The molecule has 0 aliphatic rings. The quantitative estimate of drug-likeness (QED) is 0.850. The summed E-state index contributed by atoms with van der Waals surface area (Å²) in [6, 6.07) is 4.45. The topological polar surface area (TPSA) is 55.6 Å². The van der Waals surface area contributed by atoms with Gasteiger partial charge in [0.2, 0.25) is 0 Å². The second kappa shape index (κ2) is 7.31. The second-order valence-corrected chi connectivity index (χ2v) is 5.80. The third-order valence-corrected chi connectivity index (χ3v) is 3.39. The summed E-state index contributed by atoms with van der Waals surface area (Å²) in [5.74, 6) is 1.59. The lowest BCUT2D eigenvalue weighted by Crippen LogP contribution is -2.25. The fourth-order valence-corrected chi connectivity index (χ4v) is 2.47. The van der Waals surface area contributed by atoms with Crippen molar-refractivity contribution >= 4 is 0 Å². The Labute approximate surface area is 126 Å². The zero-order valence-electron chi connectivity index (χ0n) is 13.4. The Balaban J connectivity index is 2.18. The Kier molecular flexibility index (Phi) is 5.44. The minimum absolute atomic E-state index is 0.242. The molecule has 5 heteroatoms. The summed E-state index contributed by atoms with van der Waals surface area (Å²) in [5, 5.41) is 7.88. The number of nitrogens with zero attached hydrogens (tertiary/aromatic N) is 4. The van der Waals surface area contributed by atoms with Crippen LogP contribution in [0.2, 0.25) is 0 Å². The molecule has 5 nitrogen and oxygen atoms in total. The number of rotatable bonds is 7. The van der Waals surface area contributed by atoms with Gasteiger partial charge in [-0.05, 0) is 37.1 Å². The van der Waals surface area contributed by atoms with E-state index in [-0.39, 0.29) is 6.04 Å². The molecule has 0 aromatic carbocycles. The van der Waals surface area contributed by atoms with Gasteiger partial charge in [0.1, 0.15) is 12.2 Å². The van der Waals surface area contributed by atoms with Crippen LogP contribution in [0.15, 0.2) is 24.7 Å². The number of hydrogen-bond donors (Lipinski definition) is 1. The summed E-state index contributed by atoms with van der Waals surface area (Å²) in [4.78, 5) is 8.71. The third-order valence-electron chi connectivity index (χ3n) is 3.39. The Morgan fingerprint density at radius 3 is 2.76 bits per heavy atom. The Hall–Kier alpha value is -1.75. The van der Waals surface area contributed by atoms with Crippen molar-refractivity contribution in [2.75, 3.05) is 6.54 Å². The summed E-state index contributed by atoms with van der Waals surface area (Å²) in [6.07, 6.45) is 4.36. The number of nitrogens with one attached hydrogen (secondary N) is 1. The van der Waals surface area contributed by atoms with E-state index in [4.69, 9.17) is 0 Å². The lowest BCUT2D eigenvalue weighted by atomic mass is 10.0. The lowest BCUT2D eigenvalue weighted by molar-refractivity contribution is 0.446. The van der Waals surface area contributed by atoms with Crippen molar-refractivity contribution in [2.45, 2.75) is 46.7 Å². The first-order chi connectivity index (χ1) is 10.1. The molecule has 0 fully saturated rings. The highest BCUT2D eigenvalue weighted by Crippen LogP contribution is 2.18. The van der Waals surface area contributed by atoms with Gasteiger partial charge in [0.15, 0.2) is 0 Å². The van der Waals surface area contributed by atoms with Crippen molar-refractivity contribution in [3.05, 3.63) is 41.7 Å². The maximum Gasteiger partial charge on any atom is 0.138 e. The normalized spacial score (nSPS) is 12.8. The molecule has 0 radical (unpaired) electrons. The SMILES string of the molecule is CCNC(Cc1ncnn1CC(C)C)c1ccnc(C)c1. The summed E-state index contributed by atoms with van der Waals surface area (Å²) in [6.45, 7) is 10.4. The van der Waals surface area contributed by atoms with Gasteiger partial charge in [-0.15, -0.1) is 0 Å². The molecule has 0 saturated carbocycles. The fourth-order valence-electron chi connectivity index (χ4n) is 2.47. The summed E-state index contributed by atoms with van der Waals surface area (Å²) in [7, 11) is 0. The van der Waals surface area contributed by atoms with E-state index in [1.807, 2.05) is 17.8 Å². The van der Waals surface area contributed by atoms with Crippen molar-refractivity contribution in [2.24, 2.45) is 5.92 Å². The number of hydrogen-bond acceptors (Lipinski definition) is 4. The van der Waals surface area contributed by atoms with E-state index < -0.39 is 0 Å². The van der Waals surface area contributed by atoms with Gasteiger partial charge in [0.25, 0.3) is 0 Å². The molecule has 0 aliphatic heterocycles. The van der Waals surface area contributed by atoms with Crippen LogP contribution in [0.5, 0.6) is 0 Å². The maximum atomic E-state index is 4.44. The standard InChI is InChI=1S/C16H25N5/c1-5-17-15(14-6-7-18-13(4)8-14)9-16-19-11-20-21(16)10-12(2)3/h6-8,11-12,15,17H,5,9-10H2,1-4H3. The van der Waals surface area contributed by atoms with Crippen LogP contribution in [0.4, 0.5) is 0 Å². The van der Waals surface area contributed by atoms with E-state index in [0.717, 1.165) is 31.0 Å². The molecule has 0 aliphatic carbocycles. The Morgan fingerprint density at radius 1 is 1.29 bits per heavy atom. The number of aromatic nitrogens is 4. The fraction of sp³-hybridized carbons (Fsp3) is 0.562. The molecular weight excluding hydrogens is 262 g/mol. The van der Waals surface area contributed by atoms with Crippen LogP contribution in [0.3, 0.4) is 0 Å². The molecular formula is C16H25N5. The summed E-state index contributed by atoms with van der Waals surface area (Å²) >= 11 is 0. The van der Waals surface area contributed by atoms with Gasteiger partial charge in [-0.1, -0.05) is 20.8 Å². The molecule has 0 saturated heterocycles. The first kappa shape index (κ1) is 15.6. The Bertz CT molecular complexity index is 561. The van der Waals surface area contributed by atoms with Crippen molar-refractivity contribution < 1.29 is 0 Å². The van der Waals surface area contributed by atoms with Crippen LogP contribution in [0.25, 0.3) is 0 Å². The van der Waals surface area contributed by atoms with Crippen molar-refractivity contribution in [3.8, 4) is 0 Å². The van der Waals surface area contributed by atoms with Gasteiger partial charge in [-0.25, -0.2) is 9.67 Å². The van der Waals surface area contributed by atoms with E-state index in [2.05, 4.69) is 53.3 Å². The number of pyridine rings is 1. The molecule has 0 bridgehead atoms. The highest BCUT2D eigenvalue weighted by Gasteiger charge is 2.16. The molecule has 2 rings (SSSR count). The van der Waals surface area contributed by atoms with Crippen LogP contribution < -0.4 is 5.32 Å². The minimum atomic E-state index is 0.242. The summed E-state index contributed by atoms with van der Waals surface area (Å²) < 4.78 is 2.02. The highest BCUT2D eigenvalue weighted by atomic mass is 15.3. The molecule has 1 N–H and O–H groups in total. The van der Waals surface area contributed by atoms with Crippen molar-refractivity contribution in [1.29, 1.82) is 0 Å². The van der Waals surface area contributed by atoms with E-state index in [1.165, 1.54) is 5.56 Å². The minimum Gasteiger partial charge on any atom is -0.310 e. The molecule has 21 heavy (non-hydrogen) atoms. The molecule has 2 aromatic heterocycles. The van der Waals surface area contributed by atoms with Crippen LogP contribution >= 0.6 is 0 Å². The number of aryl methyl sites for hydroxylation is 1. The van der Waals surface area contributed by atoms with Gasteiger partial charge in [0.05, 0.1) is 0 Å². The van der Waals surface area contributed by atoms with Crippen molar-refractivity contribution in [1.82, 2.24) is 25.1 Å². The van der Waals surface area contributed by atoms with E-state index >= 15 is 0 Å². The predicted octanol–water partition coefficient (Wildman–Crippen LogP) is 2.53. The first-order valence-corrected chi connectivity index (χ1v) is 7.62. The molecule has 2 aromatic rings. The van der Waals surface area contributed by atoms with Crippen LogP contribution in [-0.4, -0.2) is 26.3 Å². The van der Waals surface area contributed by atoms with E-state index in [9.17, 15) is 0 Å². The average molecular weight is 287 g/mol. The van der Waals surface area contributed by atoms with Crippen LogP contribution in [0, 0.1) is 12.8 Å². The van der Waals surface area contributed by atoms with Gasteiger partial charge < -0.3 is 5.32 Å². The smallest absolute Gasteiger partial charge is 0.138 e. The zero-order valence-corrected chi connectivity index (χ0v) is 13.4. The number of likely N-dealkylation sites (N-methyl/N-ethyl adjacent to an activating group) is 1. The molecule has 1 atom stereocenters. The molecule has 1 unspecified atom stereocenters. The first-order valence-electron chi connectivity index (χ1n) is 7.62. The zero-order chi connectivity index (χ0) is 15.2. The Morgan fingerprint density at radius 2 is 2.10 bits per heavy atom. The second-order valence-electron chi connectivity index (χ2n) is 5.80. The van der Waals surface area contributed by atoms with Gasteiger partial charge in [0, 0.05) is 30.9 Å². The molecule has 0 amide bonds. The van der Waals surface area contributed by atoms with E-state index in [0.29, 0.717) is 5.92 Å². The lowest BCUT2D eigenvalue weighted by Gasteiger charge is -2.19. The third kappa shape index (κ3) is 4.36. The van der Waals surface area contributed by atoms with Gasteiger partial charge in [-0.3, -0.25) is 4.98 Å².